The van der Waals surface area contributed by atoms with Crippen molar-refractivity contribution >= 4 is 11.8 Å². The minimum Gasteiger partial charge on any atom is -0.394 e. The molecule has 0 aromatic heterocycles. The molecule has 7 saturated heterocycles. The summed E-state index contributed by atoms with van der Waals surface area (Å²) in [5.41, 5.74) is 0. The maximum absolute atomic E-state index is 13.0. The number of carbonyl (C=O) groups is 2. The fourth-order valence-electron chi connectivity index (χ4n) is 10.6. The topological polar surface area (TPSA) is 583 Å². The number of aliphatic hydroxyl groups excluding tert-OH is 20. The fourth-order valence-corrected chi connectivity index (χ4v) is 10.6. The lowest BCUT2D eigenvalue weighted by atomic mass is 9.93. The van der Waals surface area contributed by atoms with Crippen molar-refractivity contribution in [3.63, 3.8) is 0 Å². The van der Waals surface area contributed by atoms with Crippen molar-refractivity contribution in [2.24, 2.45) is 0 Å². The van der Waals surface area contributed by atoms with E-state index in [4.69, 9.17) is 61.6 Å². The molecule has 22 N–H and O–H groups in total. The summed E-state index contributed by atoms with van der Waals surface area (Å²) in [4.78, 5) is 25.5. The highest BCUT2D eigenvalue weighted by Gasteiger charge is 2.59. The average molecular weight is 1220 g/mol. The van der Waals surface area contributed by atoms with Crippen LogP contribution in [0.25, 0.3) is 0 Å². The van der Waals surface area contributed by atoms with Crippen LogP contribution in [0, 0.1) is 0 Å². The van der Waals surface area contributed by atoms with E-state index in [1.807, 2.05) is 0 Å². The zero-order chi connectivity index (χ0) is 61.2. The predicted molar refractivity (Wildman–Crippen MR) is 254 cm³/mol. The second-order valence-corrected chi connectivity index (χ2v) is 21.1. The lowest BCUT2D eigenvalue weighted by Crippen LogP contribution is -2.71. The van der Waals surface area contributed by atoms with Crippen molar-refractivity contribution < 1.29 is 173 Å². The number of hydrogen-bond donors (Lipinski definition) is 22. The Hall–Kier alpha value is -2.38. The maximum atomic E-state index is 13.0. The fraction of sp³-hybridized carbons (Fsp3) is 0.957. The molecule has 0 radical (unpaired) electrons. The molecule has 0 saturated carbocycles. The number of rotatable bonds is 20. The molecule has 0 aromatic carbocycles. The van der Waals surface area contributed by atoms with Crippen molar-refractivity contribution in [2.75, 3.05) is 39.6 Å². The van der Waals surface area contributed by atoms with E-state index < -0.39 is 266 Å². The molecule has 0 unspecified atom stereocenters. The zero-order valence-corrected chi connectivity index (χ0v) is 44.5. The van der Waals surface area contributed by atoms with E-state index in [-0.39, 0.29) is 0 Å². The molecule has 2 amide bonds. The van der Waals surface area contributed by atoms with Crippen LogP contribution < -0.4 is 10.6 Å². The summed E-state index contributed by atoms with van der Waals surface area (Å²) in [7, 11) is 0. The van der Waals surface area contributed by atoms with Crippen molar-refractivity contribution in [3.8, 4) is 0 Å². The molecule has 35 atom stereocenters. The number of hydrogen-bond acceptors (Lipinski definition) is 35. The summed E-state index contributed by atoms with van der Waals surface area (Å²) in [5, 5.41) is 221. The Morgan fingerprint density at radius 1 is 0.337 bits per heavy atom. The first-order chi connectivity index (χ1) is 39.2. The largest absolute Gasteiger partial charge is 0.394 e. The van der Waals surface area contributed by atoms with Gasteiger partial charge in [-0.25, -0.2) is 0 Å². The number of ether oxygens (including phenoxy) is 13. The van der Waals surface area contributed by atoms with Gasteiger partial charge in [0.1, 0.15) is 165 Å². The SMILES string of the molecule is CC(=O)N[C@@H]1[C@@H](O[C@@H]2O[C@@H](C)[C@@H](O)[C@@H](O)[C@@H]2O)[C@H](O[C@@H]2O[C@H](CO)[C@@H](O[C@@H]3O[C@H](CO[C@H]4O[C@H](CO)[C@@H](O)[C@H](O)[C@@H]4O)[C@@H](O[C@@H]4O[C@H](CO)[C@H](O)[C@H](O)[C@H]4O)[C@H](O[C@H]4O[C@H](CO)[C@@H](O)[C@H](O)[C@@H]4O)[C@@H]3O)[C@H](O)[C@H]2NC(C)=O)[C@@H](CO)O[C@H]1O. The summed E-state index contributed by atoms with van der Waals surface area (Å²) >= 11 is 0. The second-order valence-electron chi connectivity index (χ2n) is 21.1. The van der Waals surface area contributed by atoms with E-state index in [9.17, 15) is 112 Å². The van der Waals surface area contributed by atoms with Crippen molar-refractivity contribution in [1.29, 1.82) is 0 Å². The van der Waals surface area contributed by atoms with Crippen LogP contribution in [-0.4, -0.2) is 368 Å². The van der Waals surface area contributed by atoms with Gasteiger partial charge in [-0.2, -0.15) is 0 Å². The molecule has 482 valence electrons. The molecule has 0 spiro atoms. The van der Waals surface area contributed by atoms with Gasteiger partial charge in [-0.3, -0.25) is 9.59 Å². The highest BCUT2D eigenvalue weighted by Crippen LogP contribution is 2.39. The highest BCUT2D eigenvalue weighted by molar-refractivity contribution is 5.73. The van der Waals surface area contributed by atoms with Gasteiger partial charge in [-0.1, -0.05) is 0 Å². The number of carbonyl (C=O) groups excluding carboxylic acids is 2. The quantitative estimate of drug-likeness (QED) is 0.0538. The molecule has 37 heteroatoms. The maximum Gasteiger partial charge on any atom is 0.217 e. The van der Waals surface area contributed by atoms with Gasteiger partial charge in [-0.15, -0.1) is 0 Å². The summed E-state index contributed by atoms with van der Waals surface area (Å²) in [5.74, 6) is -1.71. The Bertz CT molecular complexity index is 2040. The van der Waals surface area contributed by atoms with Crippen LogP contribution in [0.4, 0.5) is 0 Å². The molecule has 37 nitrogen and oxygen atoms in total. The minimum absolute atomic E-state index is 0.801. The first-order valence-electron chi connectivity index (χ1n) is 26.5. The molecule has 0 bridgehead atoms. The van der Waals surface area contributed by atoms with Gasteiger partial charge in [0.25, 0.3) is 0 Å². The Labute approximate surface area is 470 Å². The third-order valence-electron chi connectivity index (χ3n) is 15.3. The van der Waals surface area contributed by atoms with Crippen LogP contribution >= 0.6 is 0 Å². The summed E-state index contributed by atoms with van der Waals surface area (Å²) in [6.07, 6.45) is -65.0. The molecule has 7 aliphatic heterocycles. The summed E-state index contributed by atoms with van der Waals surface area (Å²) in [6.45, 7) is -2.83. The van der Waals surface area contributed by atoms with Crippen molar-refractivity contribution in [1.82, 2.24) is 10.6 Å². The van der Waals surface area contributed by atoms with E-state index >= 15 is 0 Å². The van der Waals surface area contributed by atoms with E-state index in [0.717, 1.165) is 13.8 Å². The van der Waals surface area contributed by atoms with Crippen LogP contribution in [0.3, 0.4) is 0 Å². The lowest BCUT2D eigenvalue weighted by molar-refractivity contribution is -0.403. The van der Waals surface area contributed by atoms with Crippen LogP contribution in [-0.2, 0) is 71.2 Å². The molecule has 7 fully saturated rings. The summed E-state index contributed by atoms with van der Waals surface area (Å²) < 4.78 is 76.4. The number of aliphatic hydroxyl groups is 20. The Balaban J connectivity index is 1.25. The van der Waals surface area contributed by atoms with Gasteiger partial charge >= 0.3 is 0 Å². The van der Waals surface area contributed by atoms with Crippen LogP contribution in [0.2, 0.25) is 0 Å². The average Bonchev–Trinajstić information content (AvgIpc) is 2.55. The number of nitrogens with one attached hydrogen (secondary N) is 2. The van der Waals surface area contributed by atoms with Crippen molar-refractivity contribution in [3.05, 3.63) is 0 Å². The third kappa shape index (κ3) is 14.7. The minimum atomic E-state index is -2.43. The van der Waals surface area contributed by atoms with E-state index in [0.29, 0.717) is 0 Å². The van der Waals surface area contributed by atoms with Gasteiger partial charge in [0, 0.05) is 13.8 Å². The predicted octanol–water partition coefficient (Wildman–Crippen LogP) is -15.0. The molecular weight excluding hydrogens is 1140 g/mol. The Morgan fingerprint density at radius 2 is 0.687 bits per heavy atom. The number of amides is 2. The molecule has 7 rings (SSSR count). The van der Waals surface area contributed by atoms with E-state index in [2.05, 4.69) is 10.6 Å². The van der Waals surface area contributed by atoms with Gasteiger partial charge < -0.3 is 174 Å². The molecule has 0 aliphatic carbocycles. The second kappa shape index (κ2) is 29.3. The Kier molecular flexibility index (Phi) is 24.0. The third-order valence-corrected chi connectivity index (χ3v) is 15.3. The van der Waals surface area contributed by atoms with Crippen LogP contribution in [0.1, 0.15) is 20.8 Å². The first-order valence-corrected chi connectivity index (χ1v) is 26.5. The van der Waals surface area contributed by atoms with Crippen LogP contribution in [0.15, 0.2) is 0 Å². The standard InChI is InChI=1S/C46H78N2O35/c1-10-21(56)26(61)31(66)43(72-10)82-38-20(48-12(3)55)40(70)73-17(8-53)36(38)80-41-19(47-11(2)54)25(60)35(16(7-52)77-41)79-46-34(69)39(83-45-33(68)29(64)24(59)15(6-51)76-45)37(81-44-32(67)28(63)23(58)14(5-50)75-44)18(78-46)9-71-42-30(65)27(62)22(57)13(4-49)74-42/h10,13-46,49-53,56-70H,4-9H2,1-3H3,(H,47,54)(H,48,55)/t10-,13+,14+,15+,16+,17+,18+,19+,20+,21+,22+,23-,24+,25+,26+,27-,28-,29-,30-,31-,32+,33-,34-,35+,36+,37+,38+,39+,40+,41-,42-,43-,44-,45+,46-/m0/s1. The van der Waals surface area contributed by atoms with Gasteiger partial charge in [0.05, 0.1) is 45.7 Å². The van der Waals surface area contributed by atoms with E-state index in [1.54, 1.807) is 0 Å². The zero-order valence-electron chi connectivity index (χ0n) is 44.5. The highest BCUT2D eigenvalue weighted by atomic mass is 16.8. The van der Waals surface area contributed by atoms with E-state index in [1.165, 1.54) is 6.92 Å². The molecule has 7 heterocycles. The molecular formula is C46H78N2O35. The van der Waals surface area contributed by atoms with Gasteiger partial charge in [-0.05, 0) is 6.92 Å². The van der Waals surface area contributed by atoms with Gasteiger partial charge in [0.15, 0.2) is 44.0 Å². The van der Waals surface area contributed by atoms with Gasteiger partial charge in [0.2, 0.25) is 11.8 Å². The normalized spacial score (nSPS) is 50.8. The van der Waals surface area contributed by atoms with Crippen molar-refractivity contribution in [2.45, 2.75) is 236 Å². The monoisotopic (exact) mass is 1220 g/mol. The summed E-state index contributed by atoms with van der Waals surface area (Å²) in [6, 6.07) is -3.57. The van der Waals surface area contributed by atoms with Crippen LogP contribution in [0.5, 0.6) is 0 Å². The smallest absolute Gasteiger partial charge is 0.217 e. The first kappa shape index (κ1) is 68.1. The molecule has 7 aliphatic rings. The molecule has 0 aromatic rings. The lowest BCUT2D eigenvalue weighted by Gasteiger charge is -2.52. The Morgan fingerprint density at radius 3 is 1.18 bits per heavy atom. The molecule has 83 heavy (non-hydrogen) atoms.